The molecule has 1 atom stereocenters. The van der Waals surface area contributed by atoms with Crippen LogP contribution in [0.3, 0.4) is 0 Å². The average molecular weight is 375 g/mol. The van der Waals surface area contributed by atoms with Gasteiger partial charge in [-0.25, -0.2) is 9.97 Å². The third-order valence-electron chi connectivity index (χ3n) is 3.29. The predicted molar refractivity (Wildman–Crippen MR) is 85.6 cm³/mol. The standard InChI is InChI=1S/C14H22IN3O/c1-3-7-16-14-13(15)10(2)17-12(18-14)9-11-6-4-5-8-19-11/h11H,3-9H2,1-2H3,(H,16,17,18). The molecule has 1 aliphatic heterocycles. The van der Waals surface area contributed by atoms with E-state index in [4.69, 9.17) is 4.74 Å². The second-order valence-corrected chi connectivity index (χ2v) is 6.09. The number of anilines is 1. The average Bonchev–Trinajstić information content (AvgIpc) is 2.42. The summed E-state index contributed by atoms with van der Waals surface area (Å²) in [6, 6.07) is 0. The Balaban J connectivity index is 2.08. The molecule has 1 unspecified atom stereocenters. The Morgan fingerprint density at radius 3 is 2.89 bits per heavy atom. The SMILES string of the molecule is CCCNc1nc(CC2CCCCO2)nc(C)c1I. The summed E-state index contributed by atoms with van der Waals surface area (Å²) in [7, 11) is 0. The number of aryl methyl sites for hydroxylation is 1. The molecular weight excluding hydrogens is 353 g/mol. The quantitative estimate of drug-likeness (QED) is 0.803. The van der Waals surface area contributed by atoms with Crippen LogP contribution in [-0.2, 0) is 11.2 Å². The van der Waals surface area contributed by atoms with Gasteiger partial charge in [0.25, 0.3) is 0 Å². The number of halogens is 1. The van der Waals surface area contributed by atoms with E-state index >= 15 is 0 Å². The molecule has 2 rings (SSSR count). The van der Waals surface area contributed by atoms with Gasteiger partial charge in [0.05, 0.1) is 15.4 Å². The topological polar surface area (TPSA) is 47.0 Å². The fourth-order valence-corrected chi connectivity index (χ4v) is 2.67. The molecule has 1 N–H and O–H groups in total. The maximum atomic E-state index is 5.77. The summed E-state index contributed by atoms with van der Waals surface area (Å²) in [6.45, 7) is 6.04. The molecule has 5 heteroatoms. The lowest BCUT2D eigenvalue weighted by atomic mass is 10.1. The first-order chi connectivity index (χ1) is 9.20. The lowest BCUT2D eigenvalue weighted by molar-refractivity contribution is 0.0156. The summed E-state index contributed by atoms with van der Waals surface area (Å²) in [5.41, 5.74) is 1.06. The zero-order valence-corrected chi connectivity index (χ0v) is 13.9. The molecule has 106 valence electrons. The number of hydrogen-bond donors (Lipinski definition) is 1. The minimum Gasteiger partial charge on any atom is -0.378 e. The van der Waals surface area contributed by atoms with Crippen molar-refractivity contribution in [2.24, 2.45) is 0 Å². The first kappa shape index (κ1) is 15.0. The Hall–Kier alpha value is -0.430. The van der Waals surface area contributed by atoms with Gasteiger partial charge in [-0.3, -0.25) is 0 Å². The minimum atomic E-state index is 0.298. The van der Waals surface area contributed by atoms with Crippen molar-refractivity contribution in [1.29, 1.82) is 0 Å². The molecule has 0 saturated carbocycles. The van der Waals surface area contributed by atoms with Crippen molar-refractivity contribution in [3.05, 3.63) is 15.1 Å². The van der Waals surface area contributed by atoms with Gasteiger partial charge in [-0.15, -0.1) is 0 Å². The Morgan fingerprint density at radius 1 is 1.37 bits per heavy atom. The number of ether oxygens (including phenoxy) is 1. The monoisotopic (exact) mass is 375 g/mol. The summed E-state index contributed by atoms with van der Waals surface area (Å²) in [4.78, 5) is 9.25. The molecule has 0 aliphatic carbocycles. The van der Waals surface area contributed by atoms with E-state index in [1.165, 1.54) is 12.8 Å². The molecular formula is C14H22IN3O. The van der Waals surface area contributed by atoms with Gasteiger partial charge >= 0.3 is 0 Å². The van der Waals surface area contributed by atoms with E-state index < -0.39 is 0 Å². The fourth-order valence-electron chi connectivity index (χ4n) is 2.24. The molecule has 4 nitrogen and oxygen atoms in total. The minimum absolute atomic E-state index is 0.298. The maximum Gasteiger partial charge on any atom is 0.143 e. The molecule has 19 heavy (non-hydrogen) atoms. The second-order valence-electron chi connectivity index (χ2n) is 5.01. The van der Waals surface area contributed by atoms with Crippen LogP contribution >= 0.6 is 22.6 Å². The van der Waals surface area contributed by atoms with Crippen molar-refractivity contribution in [2.75, 3.05) is 18.5 Å². The van der Waals surface area contributed by atoms with E-state index in [0.717, 1.165) is 53.3 Å². The van der Waals surface area contributed by atoms with E-state index in [9.17, 15) is 0 Å². The first-order valence-corrected chi connectivity index (χ1v) is 8.17. The molecule has 1 fully saturated rings. The predicted octanol–water partition coefficient (Wildman–Crippen LogP) is 3.32. The van der Waals surface area contributed by atoms with Gasteiger partial charge in [0.15, 0.2) is 0 Å². The van der Waals surface area contributed by atoms with Crippen LogP contribution in [0.4, 0.5) is 5.82 Å². The summed E-state index contributed by atoms with van der Waals surface area (Å²) in [6.07, 6.45) is 5.80. The van der Waals surface area contributed by atoms with Crippen LogP contribution < -0.4 is 5.32 Å². The lowest BCUT2D eigenvalue weighted by Crippen LogP contribution is -2.23. The molecule has 0 bridgehead atoms. The number of nitrogens with zero attached hydrogens (tertiary/aromatic N) is 2. The molecule has 1 saturated heterocycles. The Morgan fingerprint density at radius 2 is 2.21 bits per heavy atom. The highest BCUT2D eigenvalue weighted by molar-refractivity contribution is 14.1. The third-order valence-corrected chi connectivity index (χ3v) is 4.58. The van der Waals surface area contributed by atoms with Gasteiger partial charge in [0.1, 0.15) is 11.6 Å². The second kappa shape index (κ2) is 7.38. The van der Waals surface area contributed by atoms with E-state index in [1.54, 1.807) is 0 Å². The summed E-state index contributed by atoms with van der Waals surface area (Å²) in [5, 5.41) is 3.38. The fraction of sp³-hybridized carbons (Fsp3) is 0.714. The molecule has 0 amide bonds. The zero-order valence-electron chi connectivity index (χ0n) is 11.7. The molecule has 0 aromatic carbocycles. The van der Waals surface area contributed by atoms with Crippen LogP contribution in [0.15, 0.2) is 0 Å². The van der Waals surface area contributed by atoms with Gasteiger partial charge in [0, 0.05) is 19.6 Å². The van der Waals surface area contributed by atoms with Crippen LogP contribution in [0.1, 0.15) is 44.1 Å². The van der Waals surface area contributed by atoms with Crippen LogP contribution in [-0.4, -0.2) is 29.2 Å². The number of hydrogen-bond acceptors (Lipinski definition) is 4. The van der Waals surface area contributed by atoms with Crippen molar-refractivity contribution in [3.63, 3.8) is 0 Å². The van der Waals surface area contributed by atoms with Crippen LogP contribution in [0, 0.1) is 10.5 Å². The van der Waals surface area contributed by atoms with Crippen LogP contribution in [0.2, 0.25) is 0 Å². The molecule has 0 spiro atoms. The lowest BCUT2D eigenvalue weighted by Gasteiger charge is -2.22. The summed E-state index contributed by atoms with van der Waals surface area (Å²) < 4.78 is 6.90. The third kappa shape index (κ3) is 4.27. The van der Waals surface area contributed by atoms with Gasteiger partial charge in [-0.2, -0.15) is 0 Å². The molecule has 2 heterocycles. The zero-order chi connectivity index (χ0) is 13.7. The summed E-state index contributed by atoms with van der Waals surface area (Å²) >= 11 is 2.31. The van der Waals surface area contributed by atoms with E-state index in [1.807, 2.05) is 6.92 Å². The largest absolute Gasteiger partial charge is 0.378 e. The van der Waals surface area contributed by atoms with Gasteiger partial charge in [-0.1, -0.05) is 6.92 Å². The highest BCUT2D eigenvalue weighted by Gasteiger charge is 2.17. The van der Waals surface area contributed by atoms with E-state index in [2.05, 4.69) is 44.8 Å². The van der Waals surface area contributed by atoms with E-state index in [0.29, 0.717) is 6.10 Å². The highest BCUT2D eigenvalue weighted by Crippen LogP contribution is 2.21. The van der Waals surface area contributed by atoms with Crippen molar-refractivity contribution in [3.8, 4) is 0 Å². The van der Waals surface area contributed by atoms with Gasteiger partial charge in [0.2, 0.25) is 0 Å². The number of nitrogens with one attached hydrogen (secondary N) is 1. The molecule has 1 aliphatic rings. The number of aromatic nitrogens is 2. The normalized spacial score (nSPS) is 19.4. The van der Waals surface area contributed by atoms with Gasteiger partial charge < -0.3 is 10.1 Å². The number of rotatable bonds is 5. The molecule has 0 radical (unpaired) electrons. The van der Waals surface area contributed by atoms with Crippen LogP contribution in [0.5, 0.6) is 0 Å². The van der Waals surface area contributed by atoms with Crippen molar-refractivity contribution in [1.82, 2.24) is 9.97 Å². The Bertz CT molecular complexity index is 419. The molecule has 1 aromatic rings. The van der Waals surface area contributed by atoms with Crippen LogP contribution in [0.25, 0.3) is 0 Å². The summed E-state index contributed by atoms with van der Waals surface area (Å²) in [5.74, 6) is 1.88. The molecule has 1 aromatic heterocycles. The van der Waals surface area contributed by atoms with E-state index in [-0.39, 0.29) is 0 Å². The highest BCUT2D eigenvalue weighted by atomic mass is 127. The smallest absolute Gasteiger partial charge is 0.143 e. The van der Waals surface area contributed by atoms with Gasteiger partial charge in [-0.05, 0) is 55.2 Å². The maximum absolute atomic E-state index is 5.77. The van der Waals surface area contributed by atoms with Crippen molar-refractivity contribution in [2.45, 2.75) is 52.1 Å². The Kier molecular flexibility index (Phi) is 5.81. The Labute approximate surface area is 128 Å². The van der Waals surface area contributed by atoms with Crippen molar-refractivity contribution >= 4 is 28.4 Å². The van der Waals surface area contributed by atoms with Crippen molar-refractivity contribution < 1.29 is 4.74 Å². The first-order valence-electron chi connectivity index (χ1n) is 7.09.